The molecule has 0 bridgehead atoms. The number of hydrogen-bond acceptors (Lipinski definition) is 3. The van der Waals surface area contributed by atoms with E-state index in [9.17, 15) is 4.79 Å². The first-order valence-electron chi connectivity index (χ1n) is 8.48. The summed E-state index contributed by atoms with van der Waals surface area (Å²) in [6.07, 6.45) is 6.71. The Bertz CT molecular complexity index is 691. The van der Waals surface area contributed by atoms with Crippen molar-refractivity contribution in [3.8, 4) is 0 Å². The molecule has 0 aromatic carbocycles. The number of fused-ring (bicyclic) bond motifs is 1. The molecular formula is C18H26N4O. The first-order valence-corrected chi connectivity index (χ1v) is 8.48. The Balaban J connectivity index is 1.89. The molecule has 1 amide bonds. The van der Waals surface area contributed by atoms with E-state index in [1.165, 1.54) is 19.3 Å². The van der Waals surface area contributed by atoms with Crippen LogP contribution in [-0.2, 0) is 6.54 Å². The fourth-order valence-electron chi connectivity index (χ4n) is 3.45. The lowest BCUT2D eigenvalue weighted by atomic mass is 9.86. The highest BCUT2D eigenvalue weighted by atomic mass is 16.2. The van der Waals surface area contributed by atoms with Gasteiger partial charge in [0.25, 0.3) is 5.91 Å². The van der Waals surface area contributed by atoms with Gasteiger partial charge in [-0.25, -0.2) is 4.98 Å². The highest BCUT2D eigenvalue weighted by molar-refractivity contribution is 5.94. The van der Waals surface area contributed by atoms with Crippen molar-refractivity contribution < 1.29 is 4.79 Å². The quantitative estimate of drug-likeness (QED) is 0.944. The standard InChI is InChI=1S/C18H26N4O/c1-13-8-4-5-9-14(13)19-18(23)17-15(12-21(2)3)22-11-7-6-10-16(22)20-17/h6-7,10-11,13-14H,4-5,8-9,12H2,1-3H3,(H,19,23). The van der Waals surface area contributed by atoms with E-state index in [1.807, 2.05) is 42.9 Å². The highest BCUT2D eigenvalue weighted by Gasteiger charge is 2.26. The molecule has 1 N–H and O–H groups in total. The summed E-state index contributed by atoms with van der Waals surface area (Å²) in [7, 11) is 4.01. The molecule has 2 atom stereocenters. The Kier molecular flexibility index (Phi) is 4.66. The molecule has 5 heteroatoms. The van der Waals surface area contributed by atoms with Crippen LogP contribution in [0.3, 0.4) is 0 Å². The maximum atomic E-state index is 12.8. The summed E-state index contributed by atoms with van der Waals surface area (Å²) in [4.78, 5) is 19.5. The van der Waals surface area contributed by atoms with Crippen molar-refractivity contribution >= 4 is 11.6 Å². The molecule has 23 heavy (non-hydrogen) atoms. The van der Waals surface area contributed by atoms with Crippen molar-refractivity contribution in [3.63, 3.8) is 0 Å². The molecule has 2 aromatic rings. The van der Waals surface area contributed by atoms with Crippen LogP contribution >= 0.6 is 0 Å². The molecule has 2 aromatic heterocycles. The lowest BCUT2D eigenvalue weighted by Gasteiger charge is -2.29. The fourth-order valence-corrected chi connectivity index (χ4v) is 3.45. The topological polar surface area (TPSA) is 49.6 Å². The maximum Gasteiger partial charge on any atom is 0.272 e. The second kappa shape index (κ2) is 6.71. The van der Waals surface area contributed by atoms with Gasteiger partial charge in [-0.2, -0.15) is 0 Å². The Morgan fingerprint density at radius 3 is 2.87 bits per heavy atom. The molecule has 1 aliphatic rings. The summed E-state index contributed by atoms with van der Waals surface area (Å²) < 4.78 is 2.01. The zero-order chi connectivity index (χ0) is 16.4. The van der Waals surface area contributed by atoms with Crippen molar-refractivity contribution in [2.75, 3.05) is 14.1 Å². The molecule has 2 unspecified atom stereocenters. The van der Waals surface area contributed by atoms with Crippen LogP contribution in [0, 0.1) is 5.92 Å². The minimum absolute atomic E-state index is 0.0377. The Morgan fingerprint density at radius 2 is 2.13 bits per heavy atom. The van der Waals surface area contributed by atoms with E-state index in [4.69, 9.17) is 0 Å². The molecule has 1 aliphatic carbocycles. The highest BCUT2D eigenvalue weighted by Crippen LogP contribution is 2.24. The van der Waals surface area contributed by atoms with Crippen LogP contribution < -0.4 is 5.32 Å². The molecule has 1 fully saturated rings. The summed E-state index contributed by atoms with van der Waals surface area (Å²) >= 11 is 0. The second-order valence-electron chi connectivity index (χ2n) is 6.92. The smallest absolute Gasteiger partial charge is 0.272 e. The summed E-state index contributed by atoms with van der Waals surface area (Å²) in [6, 6.07) is 6.14. The van der Waals surface area contributed by atoms with Gasteiger partial charge in [-0.15, -0.1) is 0 Å². The number of pyridine rings is 1. The third-order valence-electron chi connectivity index (χ3n) is 4.74. The van der Waals surface area contributed by atoms with Crippen molar-refractivity contribution in [2.24, 2.45) is 5.92 Å². The number of rotatable bonds is 4. The molecule has 0 radical (unpaired) electrons. The van der Waals surface area contributed by atoms with Gasteiger partial charge in [-0.1, -0.05) is 25.8 Å². The van der Waals surface area contributed by atoms with E-state index in [-0.39, 0.29) is 11.9 Å². The molecule has 124 valence electrons. The van der Waals surface area contributed by atoms with E-state index in [0.29, 0.717) is 18.2 Å². The fraction of sp³-hybridized carbons (Fsp3) is 0.556. The molecule has 0 aliphatic heterocycles. The van der Waals surface area contributed by atoms with Crippen LogP contribution in [0.1, 0.15) is 48.8 Å². The third kappa shape index (κ3) is 3.39. The van der Waals surface area contributed by atoms with Crippen LogP contribution in [0.2, 0.25) is 0 Å². The van der Waals surface area contributed by atoms with Gasteiger partial charge >= 0.3 is 0 Å². The van der Waals surface area contributed by atoms with Gasteiger partial charge in [0.15, 0.2) is 5.69 Å². The van der Waals surface area contributed by atoms with Gasteiger partial charge in [-0.05, 0) is 45.0 Å². The van der Waals surface area contributed by atoms with Gasteiger partial charge in [0.05, 0.1) is 5.69 Å². The van der Waals surface area contributed by atoms with Crippen molar-refractivity contribution in [2.45, 2.75) is 45.2 Å². The van der Waals surface area contributed by atoms with Crippen LogP contribution in [0.4, 0.5) is 0 Å². The van der Waals surface area contributed by atoms with E-state index < -0.39 is 0 Å². The first kappa shape index (κ1) is 16.0. The average Bonchev–Trinajstić information content (AvgIpc) is 2.88. The van der Waals surface area contributed by atoms with Gasteiger partial charge < -0.3 is 14.6 Å². The van der Waals surface area contributed by atoms with Gasteiger partial charge in [0.1, 0.15) is 5.65 Å². The van der Waals surface area contributed by atoms with Crippen LogP contribution in [0.5, 0.6) is 0 Å². The number of aromatic nitrogens is 2. The van der Waals surface area contributed by atoms with Crippen LogP contribution in [0.25, 0.3) is 5.65 Å². The number of amides is 1. The molecule has 0 spiro atoms. The summed E-state index contributed by atoms with van der Waals surface area (Å²) in [5.74, 6) is 0.506. The summed E-state index contributed by atoms with van der Waals surface area (Å²) in [5, 5.41) is 3.23. The van der Waals surface area contributed by atoms with Gasteiger partial charge in [0, 0.05) is 18.8 Å². The summed E-state index contributed by atoms with van der Waals surface area (Å²) in [5.41, 5.74) is 2.33. The number of carbonyl (C=O) groups excluding carboxylic acids is 1. The predicted molar refractivity (Wildman–Crippen MR) is 91.5 cm³/mol. The molecule has 0 saturated heterocycles. The lowest BCUT2D eigenvalue weighted by molar-refractivity contribution is 0.0904. The van der Waals surface area contributed by atoms with E-state index in [0.717, 1.165) is 17.8 Å². The van der Waals surface area contributed by atoms with Crippen molar-refractivity contribution in [3.05, 3.63) is 35.8 Å². The van der Waals surface area contributed by atoms with Crippen LogP contribution in [-0.4, -0.2) is 40.3 Å². The molecule has 1 saturated carbocycles. The first-order chi connectivity index (χ1) is 11.1. The summed E-state index contributed by atoms with van der Waals surface area (Å²) in [6.45, 7) is 2.92. The Labute approximate surface area is 137 Å². The second-order valence-corrected chi connectivity index (χ2v) is 6.92. The average molecular weight is 314 g/mol. The largest absolute Gasteiger partial charge is 0.348 e. The molecule has 2 heterocycles. The van der Waals surface area contributed by atoms with Crippen LogP contribution in [0.15, 0.2) is 24.4 Å². The third-order valence-corrected chi connectivity index (χ3v) is 4.74. The van der Waals surface area contributed by atoms with E-state index >= 15 is 0 Å². The minimum Gasteiger partial charge on any atom is -0.348 e. The monoisotopic (exact) mass is 314 g/mol. The normalized spacial score (nSPS) is 21.7. The number of hydrogen-bond donors (Lipinski definition) is 1. The zero-order valence-electron chi connectivity index (χ0n) is 14.2. The van der Waals surface area contributed by atoms with E-state index in [1.54, 1.807) is 0 Å². The molecule has 3 rings (SSSR count). The number of nitrogens with zero attached hydrogens (tertiary/aromatic N) is 3. The Hall–Kier alpha value is -1.88. The lowest BCUT2D eigenvalue weighted by Crippen LogP contribution is -2.41. The number of carbonyl (C=O) groups is 1. The van der Waals surface area contributed by atoms with Gasteiger partial charge in [0.2, 0.25) is 0 Å². The number of imidazole rings is 1. The predicted octanol–water partition coefficient (Wildman–Crippen LogP) is 2.70. The van der Waals surface area contributed by atoms with E-state index in [2.05, 4.69) is 22.1 Å². The minimum atomic E-state index is -0.0377. The van der Waals surface area contributed by atoms with Gasteiger partial charge in [-0.3, -0.25) is 4.79 Å². The SMILES string of the molecule is CC1CCCCC1NC(=O)c1nc2ccccn2c1CN(C)C. The number of nitrogens with one attached hydrogen (secondary N) is 1. The zero-order valence-corrected chi connectivity index (χ0v) is 14.2. The molecular weight excluding hydrogens is 288 g/mol. The Morgan fingerprint density at radius 1 is 1.35 bits per heavy atom. The maximum absolute atomic E-state index is 12.8. The van der Waals surface area contributed by atoms with Crippen molar-refractivity contribution in [1.29, 1.82) is 0 Å². The molecule has 5 nitrogen and oxygen atoms in total. The van der Waals surface area contributed by atoms with Crippen molar-refractivity contribution in [1.82, 2.24) is 19.6 Å².